The summed E-state index contributed by atoms with van der Waals surface area (Å²) in [4.78, 5) is 27.5. The Kier molecular flexibility index (Phi) is 9.00. The van der Waals surface area contributed by atoms with Crippen LogP contribution < -0.4 is 24.4 Å². The molecular formula is C28H34N4O5S. The number of hydrogen-bond donors (Lipinski definition) is 3. The van der Waals surface area contributed by atoms with E-state index in [0.29, 0.717) is 17.1 Å². The molecule has 0 aliphatic heterocycles. The molecule has 3 N–H and O–H groups in total. The summed E-state index contributed by atoms with van der Waals surface area (Å²) < 4.78 is 34.7. The van der Waals surface area contributed by atoms with Crippen LogP contribution in [0.25, 0.3) is 0 Å². The minimum Gasteiger partial charge on any atom is -0.497 e. The number of benzene rings is 3. The molecule has 0 unspecified atom stereocenters. The Morgan fingerprint density at radius 3 is 2.08 bits per heavy atom. The van der Waals surface area contributed by atoms with Gasteiger partial charge in [-0.25, -0.2) is 9.52 Å². The maximum atomic E-state index is 13.4. The minimum atomic E-state index is -4.26. The molecule has 202 valence electrons. The van der Waals surface area contributed by atoms with Gasteiger partial charge in [0, 0.05) is 19.2 Å². The Hall–Kier alpha value is -4.05. The molecule has 0 saturated carbocycles. The molecule has 3 aromatic rings. The Morgan fingerprint density at radius 2 is 1.53 bits per heavy atom. The number of carbonyl (C=O) groups excluding carboxylic acids is 2. The number of carbonyl (C=O) groups is 2. The number of ether oxygens (including phenoxy) is 1. The number of anilines is 2. The quantitative estimate of drug-likeness (QED) is 0.377. The van der Waals surface area contributed by atoms with E-state index in [2.05, 4.69) is 30.8 Å². The van der Waals surface area contributed by atoms with Crippen LogP contribution in [0.3, 0.4) is 0 Å². The maximum Gasteiger partial charge on any atom is 0.330 e. The number of nitrogens with zero attached hydrogens (tertiary/aromatic N) is 1. The van der Waals surface area contributed by atoms with Gasteiger partial charge in [-0.05, 0) is 52.9 Å². The highest BCUT2D eigenvalue weighted by atomic mass is 32.2. The van der Waals surface area contributed by atoms with E-state index in [1.54, 1.807) is 50.6 Å². The predicted octanol–water partition coefficient (Wildman–Crippen LogP) is 4.22. The minimum absolute atomic E-state index is 0.0885. The number of amides is 3. The molecule has 0 spiro atoms. The highest BCUT2D eigenvalue weighted by Crippen LogP contribution is 2.24. The first kappa shape index (κ1) is 28.5. The largest absolute Gasteiger partial charge is 0.497 e. The van der Waals surface area contributed by atoms with E-state index >= 15 is 0 Å². The summed E-state index contributed by atoms with van der Waals surface area (Å²) in [6, 6.07) is 20.9. The molecule has 0 bridgehead atoms. The predicted molar refractivity (Wildman–Crippen MR) is 150 cm³/mol. The summed E-state index contributed by atoms with van der Waals surface area (Å²) >= 11 is 0. The maximum absolute atomic E-state index is 13.4. The zero-order valence-corrected chi connectivity index (χ0v) is 23.0. The first-order chi connectivity index (χ1) is 17.9. The third kappa shape index (κ3) is 7.97. The summed E-state index contributed by atoms with van der Waals surface area (Å²) in [5.74, 6) is 0.219. The van der Waals surface area contributed by atoms with Crippen molar-refractivity contribution in [3.8, 4) is 5.75 Å². The van der Waals surface area contributed by atoms with Crippen molar-refractivity contribution in [1.29, 1.82) is 0 Å². The van der Waals surface area contributed by atoms with E-state index in [0.717, 1.165) is 11.1 Å². The lowest BCUT2D eigenvalue weighted by Crippen LogP contribution is -2.53. The second-order valence-corrected chi connectivity index (χ2v) is 11.3. The SMILES string of the molecule is COc1ccc(N(C)C(=O)[C@H](Cc2ccccc2)NC(=O)NS(=O)(=O)Nc2ccc(C(C)(C)C)cc2)cc1. The van der Waals surface area contributed by atoms with Gasteiger partial charge >= 0.3 is 16.2 Å². The number of hydrogen-bond acceptors (Lipinski definition) is 5. The van der Waals surface area contributed by atoms with Gasteiger partial charge < -0.3 is 15.0 Å². The molecule has 9 nitrogen and oxygen atoms in total. The fraction of sp³-hybridized carbons (Fsp3) is 0.286. The summed E-state index contributed by atoms with van der Waals surface area (Å²) in [6.45, 7) is 6.16. The lowest BCUT2D eigenvalue weighted by Gasteiger charge is -2.25. The molecule has 10 heteroatoms. The van der Waals surface area contributed by atoms with Crippen LogP contribution >= 0.6 is 0 Å². The summed E-state index contributed by atoms with van der Waals surface area (Å²) in [7, 11) is -1.12. The monoisotopic (exact) mass is 538 g/mol. The van der Waals surface area contributed by atoms with Gasteiger partial charge in [-0.2, -0.15) is 8.42 Å². The van der Waals surface area contributed by atoms with Crippen molar-refractivity contribution in [3.05, 3.63) is 90.0 Å². The van der Waals surface area contributed by atoms with Gasteiger partial charge in [0.1, 0.15) is 11.8 Å². The second kappa shape index (κ2) is 12.0. The highest BCUT2D eigenvalue weighted by molar-refractivity contribution is 7.91. The smallest absolute Gasteiger partial charge is 0.330 e. The third-order valence-corrected chi connectivity index (χ3v) is 6.87. The van der Waals surface area contributed by atoms with Crippen molar-refractivity contribution in [1.82, 2.24) is 10.0 Å². The fourth-order valence-corrected chi connectivity index (χ4v) is 4.55. The van der Waals surface area contributed by atoms with Crippen LogP contribution in [0.4, 0.5) is 16.2 Å². The lowest BCUT2D eigenvalue weighted by molar-refractivity contribution is -0.120. The van der Waals surface area contributed by atoms with Gasteiger partial charge in [0.05, 0.1) is 12.8 Å². The number of urea groups is 1. The molecule has 3 amide bonds. The number of rotatable bonds is 9. The van der Waals surface area contributed by atoms with Crippen molar-refractivity contribution >= 4 is 33.5 Å². The average molecular weight is 539 g/mol. The van der Waals surface area contributed by atoms with Crippen LogP contribution in [-0.4, -0.2) is 40.6 Å². The van der Waals surface area contributed by atoms with E-state index in [4.69, 9.17) is 4.74 Å². The number of methoxy groups -OCH3 is 1. The van der Waals surface area contributed by atoms with E-state index < -0.39 is 28.2 Å². The fourth-order valence-electron chi connectivity index (χ4n) is 3.75. The van der Waals surface area contributed by atoms with Crippen LogP contribution in [0.2, 0.25) is 0 Å². The zero-order chi connectivity index (χ0) is 27.9. The Balaban J connectivity index is 1.73. The molecule has 1 atom stereocenters. The standard InChI is InChI=1S/C28H34N4O5S/c1-28(2,3)21-11-13-22(14-12-21)30-38(35,36)31-27(34)29-25(19-20-9-7-6-8-10-20)26(33)32(4)23-15-17-24(37-5)18-16-23/h6-18,25,30H,19H2,1-5H3,(H2,29,31,34)/t25-/m0/s1. The van der Waals surface area contributed by atoms with Gasteiger partial charge in [-0.15, -0.1) is 0 Å². The first-order valence-corrected chi connectivity index (χ1v) is 13.5. The van der Waals surface area contributed by atoms with Gasteiger partial charge in [-0.3, -0.25) is 9.52 Å². The molecule has 0 aromatic heterocycles. The molecular weight excluding hydrogens is 504 g/mol. The number of nitrogens with one attached hydrogen (secondary N) is 3. The second-order valence-electron chi connectivity index (χ2n) is 9.85. The van der Waals surface area contributed by atoms with Crippen molar-refractivity contribution in [2.24, 2.45) is 0 Å². The molecule has 3 rings (SSSR count). The van der Waals surface area contributed by atoms with Crippen molar-refractivity contribution < 1.29 is 22.7 Å². The molecule has 0 aliphatic carbocycles. The summed E-state index contributed by atoms with van der Waals surface area (Å²) in [6.07, 6.45) is 0.162. The van der Waals surface area contributed by atoms with Gasteiger partial charge in [0.15, 0.2) is 0 Å². The average Bonchev–Trinajstić information content (AvgIpc) is 2.87. The molecule has 38 heavy (non-hydrogen) atoms. The van der Waals surface area contributed by atoms with Gasteiger partial charge in [0.25, 0.3) is 0 Å². The van der Waals surface area contributed by atoms with E-state index in [-0.39, 0.29) is 11.8 Å². The first-order valence-electron chi connectivity index (χ1n) is 12.0. The van der Waals surface area contributed by atoms with Crippen LogP contribution in [-0.2, 0) is 26.8 Å². The molecule has 0 heterocycles. The number of likely N-dealkylation sites (N-methyl/N-ethyl adjacent to an activating group) is 1. The van der Waals surface area contributed by atoms with Crippen LogP contribution in [0.1, 0.15) is 31.9 Å². The third-order valence-electron chi connectivity index (χ3n) is 5.91. The van der Waals surface area contributed by atoms with Gasteiger partial charge in [-0.1, -0.05) is 63.2 Å². The van der Waals surface area contributed by atoms with Crippen molar-refractivity contribution in [3.63, 3.8) is 0 Å². The van der Waals surface area contributed by atoms with Crippen LogP contribution in [0.5, 0.6) is 5.75 Å². The van der Waals surface area contributed by atoms with E-state index in [9.17, 15) is 18.0 Å². The summed E-state index contributed by atoms with van der Waals surface area (Å²) in [5.41, 5.74) is 2.64. The topological polar surface area (TPSA) is 117 Å². The molecule has 3 aromatic carbocycles. The zero-order valence-electron chi connectivity index (χ0n) is 22.2. The molecule has 0 fully saturated rings. The van der Waals surface area contributed by atoms with Crippen LogP contribution in [0, 0.1) is 0 Å². The Morgan fingerprint density at radius 1 is 0.921 bits per heavy atom. The van der Waals surface area contributed by atoms with Gasteiger partial charge in [0.2, 0.25) is 5.91 Å². The van der Waals surface area contributed by atoms with Crippen LogP contribution in [0.15, 0.2) is 78.9 Å². The highest BCUT2D eigenvalue weighted by Gasteiger charge is 2.27. The van der Waals surface area contributed by atoms with E-state index in [1.165, 1.54) is 4.90 Å². The molecule has 0 radical (unpaired) electrons. The van der Waals surface area contributed by atoms with E-state index in [1.807, 2.05) is 47.2 Å². The molecule has 0 saturated heterocycles. The molecule has 0 aliphatic rings. The van der Waals surface area contributed by atoms with Crippen molar-refractivity contribution in [2.75, 3.05) is 23.8 Å². The normalized spacial score (nSPS) is 12.2. The lowest BCUT2D eigenvalue weighted by atomic mass is 9.87. The Bertz CT molecular complexity index is 1340. The summed E-state index contributed by atoms with van der Waals surface area (Å²) in [5, 5.41) is 2.52. The van der Waals surface area contributed by atoms with Crippen molar-refractivity contribution in [2.45, 2.75) is 38.6 Å². The Labute approximate surface area is 224 Å².